The molecular weight excluding hydrogens is 384 g/mol. The van der Waals surface area contributed by atoms with Crippen LogP contribution in [0.1, 0.15) is 18.7 Å². The maximum atomic E-state index is 12.5. The van der Waals surface area contributed by atoms with Gasteiger partial charge in [-0.15, -0.1) is 11.8 Å². The zero-order valence-corrected chi connectivity index (χ0v) is 15.1. The molecule has 1 heterocycles. The Morgan fingerprint density at radius 2 is 2.13 bits per heavy atom. The van der Waals surface area contributed by atoms with Crippen LogP contribution in [-0.4, -0.2) is 26.9 Å². The molecule has 0 radical (unpaired) electrons. The van der Waals surface area contributed by atoms with Crippen LogP contribution in [-0.2, 0) is 4.79 Å². The van der Waals surface area contributed by atoms with E-state index in [1.807, 2.05) is 30.5 Å². The highest BCUT2D eigenvalue weighted by molar-refractivity contribution is 9.10. The minimum absolute atomic E-state index is 0.284. The molecule has 0 spiro atoms. The van der Waals surface area contributed by atoms with E-state index >= 15 is 0 Å². The normalized spacial score (nSPS) is 12.0. The molecule has 1 atom stereocenters. The van der Waals surface area contributed by atoms with Gasteiger partial charge in [0.15, 0.2) is 0 Å². The lowest BCUT2D eigenvalue weighted by molar-refractivity contribution is -0.390. The van der Waals surface area contributed by atoms with E-state index < -0.39 is 11.0 Å². The SMILES string of the molecule is CSc1ccccc1NC(=O)[C@@H](C)n1nc([N+](=O)[O-])c(Br)c1C. The molecule has 23 heavy (non-hydrogen) atoms. The summed E-state index contributed by atoms with van der Waals surface area (Å²) in [7, 11) is 0. The maximum absolute atomic E-state index is 12.5. The van der Waals surface area contributed by atoms with E-state index in [1.54, 1.807) is 13.8 Å². The molecule has 2 rings (SSSR count). The number of nitrogens with one attached hydrogen (secondary N) is 1. The quantitative estimate of drug-likeness (QED) is 0.470. The summed E-state index contributed by atoms with van der Waals surface area (Å²) in [6.45, 7) is 3.32. The molecule has 0 aliphatic carbocycles. The number of para-hydroxylation sites is 1. The molecule has 0 aliphatic rings. The topological polar surface area (TPSA) is 90.1 Å². The van der Waals surface area contributed by atoms with Crippen LogP contribution in [0.15, 0.2) is 33.6 Å². The van der Waals surface area contributed by atoms with Crippen molar-refractivity contribution < 1.29 is 9.72 Å². The first kappa shape index (κ1) is 17.5. The Morgan fingerprint density at radius 3 is 2.70 bits per heavy atom. The second kappa shape index (κ2) is 7.14. The lowest BCUT2D eigenvalue weighted by Crippen LogP contribution is -2.25. The van der Waals surface area contributed by atoms with Gasteiger partial charge in [-0.1, -0.05) is 12.1 Å². The molecule has 2 aromatic rings. The second-order valence-electron chi connectivity index (χ2n) is 4.79. The van der Waals surface area contributed by atoms with Crippen LogP contribution in [0.25, 0.3) is 0 Å². The highest BCUT2D eigenvalue weighted by Crippen LogP contribution is 2.30. The van der Waals surface area contributed by atoms with Crippen molar-refractivity contribution in [2.75, 3.05) is 11.6 Å². The summed E-state index contributed by atoms with van der Waals surface area (Å²) in [5, 5.41) is 17.7. The van der Waals surface area contributed by atoms with E-state index in [0.29, 0.717) is 11.4 Å². The minimum Gasteiger partial charge on any atom is -0.358 e. The molecule has 0 unspecified atom stereocenters. The zero-order chi connectivity index (χ0) is 17.1. The van der Waals surface area contributed by atoms with Gasteiger partial charge in [-0.05, 0) is 53.1 Å². The van der Waals surface area contributed by atoms with Crippen LogP contribution in [0, 0.1) is 17.0 Å². The number of anilines is 1. The summed E-state index contributed by atoms with van der Waals surface area (Å²) in [5.74, 6) is -0.592. The number of hydrogen-bond donors (Lipinski definition) is 1. The van der Waals surface area contributed by atoms with Crippen LogP contribution >= 0.6 is 27.7 Å². The van der Waals surface area contributed by atoms with Crippen LogP contribution < -0.4 is 5.32 Å². The third-order valence-corrected chi connectivity index (χ3v) is 5.07. The van der Waals surface area contributed by atoms with Crippen molar-refractivity contribution in [1.82, 2.24) is 9.78 Å². The number of hydrogen-bond acceptors (Lipinski definition) is 5. The molecular formula is C14H15BrN4O3S. The van der Waals surface area contributed by atoms with E-state index in [4.69, 9.17) is 0 Å². The summed E-state index contributed by atoms with van der Waals surface area (Å²) in [5.41, 5.74) is 1.23. The molecule has 7 nitrogen and oxygen atoms in total. The lowest BCUT2D eigenvalue weighted by Gasteiger charge is -2.13. The molecule has 0 saturated heterocycles. The molecule has 0 aliphatic heterocycles. The summed E-state index contributed by atoms with van der Waals surface area (Å²) in [6, 6.07) is 6.76. The molecule has 9 heteroatoms. The summed E-state index contributed by atoms with van der Waals surface area (Å²) < 4.78 is 1.63. The maximum Gasteiger partial charge on any atom is 0.404 e. The number of nitro groups is 1. The number of carbonyl (C=O) groups excluding carboxylic acids is 1. The largest absolute Gasteiger partial charge is 0.404 e. The van der Waals surface area contributed by atoms with Crippen LogP contribution in [0.3, 0.4) is 0 Å². The second-order valence-corrected chi connectivity index (χ2v) is 6.43. The predicted octanol–water partition coefficient (Wildman–Crippen LogP) is 3.78. The van der Waals surface area contributed by atoms with Gasteiger partial charge in [0.2, 0.25) is 0 Å². The van der Waals surface area contributed by atoms with Gasteiger partial charge in [-0.3, -0.25) is 4.79 Å². The summed E-state index contributed by atoms with van der Waals surface area (Å²) >= 11 is 4.67. The van der Waals surface area contributed by atoms with Crippen molar-refractivity contribution in [3.63, 3.8) is 0 Å². The van der Waals surface area contributed by atoms with E-state index in [9.17, 15) is 14.9 Å². The first-order chi connectivity index (χ1) is 10.9. The Bertz CT molecular complexity index is 762. The Labute approximate surface area is 145 Å². The Kier molecular flexibility index (Phi) is 5.42. The average molecular weight is 399 g/mol. The Balaban J connectivity index is 2.27. The summed E-state index contributed by atoms with van der Waals surface area (Å²) in [4.78, 5) is 23.8. The number of thioether (sulfide) groups is 1. The van der Waals surface area contributed by atoms with E-state index in [0.717, 1.165) is 4.90 Å². The van der Waals surface area contributed by atoms with Gasteiger partial charge < -0.3 is 15.4 Å². The number of amides is 1. The van der Waals surface area contributed by atoms with Crippen molar-refractivity contribution in [2.45, 2.75) is 24.8 Å². The molecule has 1 aromatic carbocycles. The number of benzene rings is 1. The van der Waals surface area contributed by atoms with E-state index in [1.165, 1.54) is 16.4 Å². The van der Waals surface area contributed by atoms with E-state index in [-0.39, 0.29) is 16.2 Å². The van der Waals surface area contributed by atoms with Crippen LogP contribution in [0.2, 0.25) is 0 Å². The Morgan fingerprint density at radius 1 is 1.48 bits per heavy atom. The predicted molar refractivity (Wildman–Crippen MR) is 92.9 cm³/mol. The van der Waals surface area contributed by atoms with Crippen molar-refractivity contribution in [1.29, 1.82) is 0 Å². The lowest BCUT2D eigenvalue weighted by atomic mass is 10.2. The number of nitrogens with zero attached hydrogens (tertiary/aromatic N) is 3. The van der Waals surface area contributed by atoms with Gasteiger partial charge in [0.1, 0.15) is 10.5 Å². The molecule has 1 amide bonds. The third kappa shape index (κ3) is 3.56. The van der Waals surface area contributed by atoms with E-state index in [2.05, 4.69) is 26.3 Å². The summed E-state index contributed by atoms with van der Waals surface area (Å²) in [6.07, 6.45) is 1.92. The molecule has 1 N–H and O–H groups in total. The molecule has 0 bridgehead atoms. The van der Waals surface area contributed by atoms with Gasteiger partial charge >= 0.3 is 5.82 Å². The van der Waals surface area contributed by atoms with Gasteiger partial charge in [-0.2, -0.15) is 4.68 Å². The monoisotopic (exact) mass is 398 g/mol. The average Bonchev–Trinajstić information content (AvgIpc) is 2.83. The van der Waals surface area contributed by atoms with Crippen molar-refractivity contribution in [2.24, 2.45) is 0 Å². The van der Waals surface area contributed by atoms with Crippen molar-refractivity contribution in [3.05, 3.63) is 44.5 Å². The fourth-order valence-electron chi connectivity index (χ4n) is 2.07. The minimum atomic E-state index is -0.685. The smallest absolute Gasteiger partial charge is 0.358 e. The van der Waals surface area contributed by atoms with Crippen LogP contribution in [0.4, 0.5) is 11.5 Å². The van der Waals surface area contributed by atoms with Crippen molar-refractivity contribution in [3.8, 4) is 0 Å². The Hall–Kier alpha value is -1.87. The number of rotatable bonds is 5. The first-order valence-electron chi connectivity index (χ1n) is 6.69. The molecule has 0 fully saturated rings. The van der Waals surface area contributed by atoms with Gasteiger partial charge in [0.05, 0.1) is 16.5 Å². The number of halogens is 1. The standard InChI is InChI=1S/C14H15BrN4O3S/c1-8-12(15)13(19(21)22)17-18(8)9(2)14(20)16-10-6-4-5-7-11(10)23-3/h4-7,9H,1-3H3,(H,16,20)/t9-/m1/s1. The highest BCUT2D eigenvalue weighted by Gasteiger charge is 2.29. The number of carbonyl (C=O) groups is 1. The molecule has 1 aromatic heterocycles. The fraction of sp³-hybridized carbons (Fsp3) is 0.286. The van der Waals surface area contributed by atoms with Gasteiger partial charge in [-0.25, -0.2) is 0 Å². The zero-order valence-electron chi connectivity index (χ0n) is 12.7. The highest BCUT2D eigenvalue weighted by atomic mass is 79.9. The van der Waals surface area contributed by atoms with Crippen molar-refractivity contribution >= 4 is 45.1 Å². The van der Waals surface area contributed by atoms with Gasteiger partial charge in [0, 0.05) is 4.90 Å². The molecule has 122 valence electrons. The first-order valence-corrected chi connectivity index (χ1v) is 8.71. The number of aromatic nitrogens is 2. The molecule has 0 saturated carbocycles. The van der Waals surface area contributed by atoms with Crippen LogP contribution in [0.5, 0.6) is 0 Å². The fourth-order valence-corrected chi connectivity index (χ4v) is 3.03. The third-order valence-electron chi connectivity index (χ3n) is 3.34. The van der Waals surface area contributed by atoms with Gasteiger partial charge in [0.25, 0.3) is 5.91 Å².